The largest absolute Gasteiger partial charge is 0.504 e. The summed E-state index contributed by atoms with van der Waals surface area (Å²) in [6.45, 7) is 0. The molecule has 5 N–H and O–H groups in total. The van der Waals surface area contributed by atoms with Crippen LogP contribution in [0.25, 0.3) is 6.08 Å². The Morgan fingerprint density at radius 3 is 2.27 bits per heavy atom. The number of carbonyl (C=O) groups is 2. The zero-order valence-electron chi connectivity index (χ0n) is 11.3. The summed E-state index contributed by atoms with van der Waals surface area (Å²) < 4.78 is 11.8. The molecule has 0 radical (unpaired) electrons. The van der Waals surface area contributed by atoms with Crippen LogP contribution in [0.3, 0.4) is 0 Å². The molecule has 1 aromatic carbocycles. The molecule has 0 amide bonds. The van der Waals surface area contributed by atoms with Crippen molar-refractivity contribution in [3.8, 4) is 11.5 Å². The molecule has 0 heterocycles. The van der Waals surface area contributed by atoms with Crippen LogP contribution >= 0.6 is 7.37 Å². The van der Waals surface area contributed by atoms with E-state index >= 15 is 0 Å². The van der Waals surface area contributed by atoms with Gasteiger partial charge in [-0.05, 0) is 23.8 Å². The van der Waals surface area contributed by atoms with Crippen molar-refractivity contribution in [2.75, 3.05) is 12.3 Å². The van der Waals surface area contributed by atoms with Crippen LogP contribution < -0.4 is 0 Å². The fourth-order valence-corrected chi connectivity index (χ4v) is 3.08. The third-order valence-electron chi connectivity index (χ3n) is 2.71. The maximum atomic E-state index is 11.8. The molecule has 1 rings (SSSR count). The maximum Gasteiger partial charge on any atom is 0.332 e. The molecule has 1 atom stereocenters. The van der Waals surface area contributed by atoms with E-state index < -0.39 is 49.4 Å². The lowest BCUT2D eigenvalue weighted by Crippen LogP contribution is -2.09. The number of benzene rings is 1. The molecule has 0 saturated heterocycles. The van der Waals surface area contributed by atoms with Crippen LogP contribution in [0.15, 0.2) is 23.8 Å². The zero-order valence-corrected chi connectivity index (χ0v) is 12.2. The molecule has 8 nitrogen and oxygen atoms in total. The standard InChI is InChI=1S/C13H15O8P/c14-10-2-1-8(6-11(10)15)5-9(13(18)19)7-22(20,21)4-3-12(16)17/h1-2,5-6,14-15H,3-4,7H2,(H,16,17)(H,18,19)(H,20,21)/b9-5+. The van der Waals surface area contributed by atoms with E-state index in [1.807, 2.05) is 0 Å². The second-order valence-corrected chi connectivity index (χ2v) is 7.05. The number of hydrogen-bond acceptors (Lipinski definition) is 5. The third-order valence-corrected chi connectivity index (χ3v) is 4.46. The van der Waals surface area contributed by atoms with Gasteiger partial charge < -0.3 is 25.3 Å². The molecule has 9 heteroatoms. The molecule has 0 fully saturated rings. The van der Waals surface area contributed by atoms with Crippen LogP contribution in [0.5, 0.6) is 11.5 Å². The van der Waals surface area contributed by atoms with Crippen molar-refractivity contribution in [1.82, 2.24) is 0 Å². The number of aliphatic carboxylic acids is 2. The molecule has 0 aromatic heterocycles. The molecular weight excluding hydrogens is 315 g/mol. The first-order chi connectivity index (χ1) is 10.1. The van der Waals surface area contributed by atoms with Crippen LogP contribution in [0.2, 0.25) is 0 Å². The van der Waals surface area contributed by atoms with E-state index in [0.717, 1.165) is 18.2 Å². The number of phenols is 2. The Labute approximate surface area is 125 Å². The summed E-state index contributed by atoms with van der Waals surface area (Å²) in [7, 11) is -3.96. The van der Waals surface area contributed by atoms with Crippen molar-refractivity contribution < 1.29 is 39.5 Å². The lowest BCUT2D eigenvalue weighted by atomic mass is 10.1. The SMILES string of the molecule is O=C(O)CCP(=O)(O)C/C(=C\c1ccc(O)c(O)c1)C(=O)O. The molecule has 22 heavy (non-hydrogen) atoms. The average Bonchev–Trinajstić information content (AvgIpc) is 2.40. The highest BCUT2D eigenvalue weighted by Gasteiger charge is 2.24. The summed E-state index contributed by atoms with van der Waals surface area (Å²) in [5.74, 6) is -3.53. The van der Waals surface area contributed by atoms with E-state index in [1.165, 1.54) is 6.07 Å². The first kappa shape index (κ1) is 17.7. The van der Waals surface area contributed by atoms with Gasteiger partial charge in [-0.2, -0.15) is 0 Å². The number of aromatic hydroxyl groups is 2. The highest BCUT2D eigenvalue weighted by molar-refractivity contribution is 7.58. The smallest absolute Gasteiger partial charge is 0.332 e. The van der Waals surface area contributed by atoms with Gasteiger partial charge >= 0.3 is 11.9 Å². The van der Waals surface area contributed by atoms with Crippen LogP contribution in [-0.4, -0.2) is 49.6 Å². The van der Waals surface area contributed by atoms with E-state index in [9.17, 15) is 24.2 Å². The number of rotatable bonds is 7. The summed E-state index contributed by atoms with van der Waals surface area (Å²) in [4.78, 5) is 31.2. The summed E-state index contributed by atoms with van der Waals surface area (Å²) in [6.07, 6.45) is -0.698. The minimum atomic E-state index is -3.96. The summed E-state index contributed by atoms with van der Waals surface area (Å²) >= 11 is 0. The van der Waals surface area contributed by atoms with Crippen molar-refractivity contribution in [3.63, 3.8) is 0 Å². The van der Waals surface area contributed by atoms with Crippen LogP contribution in [-0.2, 0) is 14.2 Å². The van der Waals surface area contributed by atoms with Crippen molar-refractivity contribution in [1.29, 1.82) is 0 Å². The van der Waals surface area contributed by atoms with Gasteiger partial charge in [-0.1, -0.05) is 6.07 Å². The molecule has 0 aliphatic rings. The fourth-order valence-electron chi connectivity index (χ4n) is 1.62. The van der Waals surface area contributed by atoms with Crippen molar-refractivity contribution in [3.05, 3.63) is 29.3 Å². The van der Waals surface area contributed by atoms with E-state index in [-0.39, 0.29) is 11.3 Å². The average molecular weight is 330 g/mol. The summed E-state index contributed by atoms with van der Waals surface area (Å²) in [5, 5.41) is 36.1. The van der Waals surface area contributed by atoms with Gasteiger partial charge in [0.15, 0.2) is 11.5 Å². The second kappa shape index (κ2) is 7.11. The van der Waals surface area contributed by atoms with Crippen molar-refractivity contribution >= 4 is 25.4 Å². The summed E-state index contributed by atoms with van der Waals surface area (Å²) in [6, 6.07) is 3.55. The molecule has 0 spiro atoms. The number of hydrogen-bond donors (Lipinski definition) is 5. The molecule has 0 aliphatic heterocycles. The number of carboxylic acids is 2. The van der Waals surface area contributed by atoms with Gasteiger partial charge in [-0.3, -0.25) is 9.36 Å². The van der Waals surface area contributed by atoms with Crippen molar-refractivity contribution in [2.24, 2.45) is 0 Å². The Bertz CT molecular complexity index is 664. The van der Waals surface area contributed by atoms with Gasteiger partial charge in [0.25, 0.3) is 0 Å². The first-order valence-electron chi connectivity index (χ1n) is 6.09. The van der Waals surface area contributed by atoms with E-state index in [2.05, 4.69) is 0 Å². The lowest BCUT2D eigenvalue weighted by molar-refractivity contribution is -0.136. The predicted octanol–water partition coefficient (Wildman–Crippen LogP) is 1.31. The maximum absolute atomic E-state index is 11.8. The first-order valence-corrected chi connectivity index (χ1v) is 8.12. The minimum Gasteiger partial charge on any atom is -0.504 e. The highest BCUT2D eigenvalue weighted by atomic mass is 31.2. The minimum absolute atomic E-state index is 0.214. The topological polar surface area (TPSA) is 152 Å². The molecule has 120 valence electrons. The van der Waals surface area contributed by atoms with Gasteiger partial charge in [-0.25, -0.2) is 4.79 Å². The van der Waals surface area contributed by atoms with Crippen LogP contribution in [0, 0.1) is 0 Å². The van der Waals surface area contributed by atoms with Crippen LogP contribution in [0.1, 0.15) is 12.0 Å². The number of carboxylic acid groups (broad SMARTS) is 2. The van der Waals surface area contributed by atoms with Gasteiger partial charge in [0.2, 0.25) is 7.37 Å². The number of phenolic OH excluding ortho intramolecular Hbond substituents is 2. The molecule has 0 aliphatic carbocycles. The van der Waals surface area contributed by atoms with Gasteiger partial charge in [0, 0.05) is 11.7 Å². The predicted molar refractivity (Wildman–Crippen MR) is 77.2 cm³/mol. The van der Waals surface area contributed by atoms with E-state index in [1.54, 1.807) is 0 Å². The quantitative estimate of drug-likeness (QED) is 0.285. The Hall–Kier alpha value is -2.31. The lowest BCUT2D eigenvalue weighted by Gasteiger charge is -2.11. The third kappa shape index (κ3) is 5.59. The Balaban J connectivity index is 3.00. The normalized spacial score (nSPS) is 14.3. The zero-order chi connectivity index (χ0) is 16.9. The molecule has 1 aromatic rings. The monoisotopic (exact) mass is 330 g/mol. The Morgan fingerprint density at radius 2 is 1.77 bits per heavy atom. The van der Waals surface area contributed by atoms with Gasteiger partial charge in [0.1, 0.15) is 0 Å². The molecule has 1 unspecified atom stereocenters. The Morgan fingerprint density at radius 1 is 1.14 bits per heavy atom. The second-order valence-electron chi connectivity index (χ2n) is 4.59. The van der Waals surface area contributed by atoms with Gasteiger partial charge in [-0.15, -0.1) is 0 Å². The molecule has 0 saturated carbocycles. The van der Waals surface area contributed by atoms with Gasteiger partial charge in [0.05, 0.1) is 12.6 Å². The highest BCUT2D eigenvalue weighted by Crippen LogP contribution is 2.43. The Kier molecular flexibility index (Phi) is 5.73. The summed E-state index contributed by atoms with van der Waals surface area (Å²) in [5.41, 5.74) is -0.188. The van der Waals surface area contributed by atoms with E-state index in [4.69, 9.17) is 15.3 Å². The van der Waals surface area contributed by atoms with E-state index in [0.29, 0.717) is 0 Å². The molecular formula is C13H15O8P. The van der Waals surface area contributed by atoms with Crippen LogP contribution in [0.4, 0.5) is 0 Å². The fraction of sp³-hybridized carbons (Fsp3) is 0.231. The molecule has 0 bridgehead atoms. The van der Waals surface area contributed by atoms with Crippen molar-refractivity contribution in [2.45, 2.75) is 6.42 Å².